The second-order valence-electron chi connectivity index (χ2n) is 43.0. The topological polar surface area (TPSA) is 119 Å². The molecule has 10 heteroatoms. The maximum Gasteiger partial charge on any atom is 0.113 e. The monoisotopic (exact) mass is 1710 g/mol. The molecule has 0 radical (unpaired) electrons. The van der Waals surface area contributed by atoms with Crippen LogP contribution in [0.15, 0.2) is 304 Å². The van der Waals surface area contributed by atoms with Crippen molar-refractivity contribution in [3.05, 3.63) is 371 Å². The third kappa shape index (κ3) is 25.5. The molecule has 1 aliphatic rings. The number of rotatable bonds is 0. The maximum atomic E-state index is 4.64. The van der Waals surface area contributed by atoms with Crippen LogP contribution < -0.4 is 0 Å². The van der Waals surface area contributed by atoms with Gasteiger partial charge in [-0.2, -0.15) is 24.2 Å². The summed E-state index contributed by atoms with van der Waals surface area (Å²) in [5.41, 5.74) is 29.2. The molecule has 12 aromatic carbocycles. The van der Waals surface area contributed by atoms with Gasteiger partial charge in [-0.15, -0.1) is 0 Å². The summed E-state index contributed by atoms with van der Waals surface area (Å²) >= 11 is 1.28. The van der Waals surface area contributed by atoms with Crippen molar-refractivity contribution >= 4 is 99.0 Å². The Morgan fingerprint density at radius 1 is 0.258 bits per heavy atom. The van der Waals surface area contributed by atoms with E-state index in [9.17, 15) is 0 Å². The van der Waals surface area contributed by atoms with Crippen molar-refractivity contribution in [1.82, 2.24) is 44.1 Å². The van der Waals surface area contributed by atoms with Crippen LogP contribution in [0, 0.1) is 6.92 Å². The molecule has 1 N–H and O–H groups in total. The van der Waals surface area contributed by atoms with Crippen LogP contribution in [-0.2, 0) is 55.2 Å². The van der Waals surface area contributed by atoms with Crippen molar-refractivity contribution < 1.29 is 0 Å². The van der Waals surface area contributed by atoms with Gasteiger partial charge in [-0.05, 0) is 223 Å². The Kier molecular flexibility index (Phi) is 30.3. The molecule has 0 amide bonds. The van der Waals surface area contributed by atoms with E-state index in [1.165, 1.54) is 127 Å². The Bertz CT molecular complexity index is 6430. The molecular formula is C118H137N9S. The number of aryl methyl sites for hydroxylation is 1. The first-order valence-corrected chi connectivity index (χ1v) is 46.0. The molecule has 6 aromatic heterocycles. The number of hydrogen-bond donors (Lipinski definition) is 1. The Morgan fingerprint density at radius 3 is 1.29 bits per heavy atom. The van der Waals surface area contributed by atoms with E-state index in [2.05, 4.69) is 474 Å². The number of aromatic amines is 1. The summed E-state index contributed by atoms with van der Waals surface area (Å²) in [4.78, 5) is 17.7. The molecule has 660 valence electrons. The fourth-order valence-electron chi connectivity index (χ4n) is 15.7. The minimum Gasteiger partial charge on any atom is -0.256 e. The van der Waals surface area contributed by atoms with Crippen molar-refractivity contribution in [3.63, 3.8) is 0 Å². The smallest absolute Gasteiger partial charge is 0.113 e. The summed E-state index contributed by atoms with van der Waals surface area (Å²) in [6.07, 6.45) is 6.75. The summed E-state index contributed by atoms with van der Waals surface area (Å²) in [6, 6.07) is 100. The molecule has 0 aliphatic heterocycles. The molecule has 128 heavy (non-hydrogen) atoms. The van der Waals surface area contributed by atoms with Crippen LogP contribution in [0.4, 0.5) is 0 Å². The van der Waals surface area contributed by atoms with Crippen LogP contribution in [0.5, 0.6) is 0 Å². The molecule has 19 rings (SSSR count). The van der Waals surface area contributed by atoms with Crippen molar-refractivity contribution in [2.75, 3.05) is 0 Å². The predicted octanol–water partition coefficient (Wildman–Crippen LogP) is 32.5. The quantitative estimate of drug-likeness (QED) is 0.159. The van der Waals surface area contributed by atoms with E-state index in [0.717, 1.165) is 56.2 Å². The summed E-state index contributed by atoms with van der Waals surface area (Å²) in [6.45, 7) is 62.3. The molecule has 0 bridgehead atoms. The number of aromatic nitrogens is 9. The lowest BCUT2D eigenvalue weighted by atomic mass is 9.82. The molecule has 18 aromatic rings. The average Bonchev–Trinajstić information content (AvgIpc) is 1.63. The van der Waals surface area contributed by atoms with E-state index in [4.69, 9.17) is 0 Å². The Balaban J connectivity index is 0.000000140. The first-order chi connectivity index (χ1) is 60.1. The third-order valence-corrected chi connectivity index (χ3v) is 23.7. The maximum absolute atomic E-state index is 4.64. The largest absolute Gasteiger partial charge is 0.256 e. The number of nitrogens with zero attached hydrogens (tertiary/aromatic N) is 8. The van der Waals surface area contributed by atoms with Gasteiger partial charge in [0.2, 0.25) is 0 Å². The minimum absolute atomic E-state index is 0.148. The summed E-state index contributed by atoms with van der Waals surface area (Å²) in [5, 5.41) is 21.0. The Hall–Kier alpha value is -12.0. The van der Waals surface area contributed by atoms with Gasteiger partial charge in [0.15, 0.2) is 0 Å². The second kappa shape index (κ2) is 40.1. The highest BCUT2D eigenvalue weighted by Gasteiger charge is 2.27. The molecule has 6 heterocycles. The minimum atomic E-state index is 0.148. The van der Waals surface area contributed by atoms with Crippen LogP contribution in [0.25, 0.3) is 98.4 Å². The summed E-state index contributed by atoms with van der Waals surface area (Å²) in [7, 11) is 0. The van der Waals surface area contributed by atoms with E-state index in [1.54, 1.807) is 0 Å². The molecule has 9 nitrogen and oxygen atoms in total. The molecule has 0 spiro atoms. The number of pyridine rings is 4. The Morgan fingerprint density at radius 2 is 0.664 bits per heavy atom. The summed E-state index contributed by atoms with van der Waals surface area (Å²) in [5.74, 6) is 0. The number of hydrogen-bond acceptors (Lipinski definition) is 9. The van der Waals surface area contributed by atoms with Crippen molar-refractivity contribution in [1.29, 1.82) is 0 Å². The van der Waals surface area contributed by atoms with Crippen LogP contribution in [0.2, 0.25) is 0 Å². The zero-order chi connectivity index (χ0) is 93.0. The molecular weight excluding hydrogens is 1580 g/mol. The molecule has 0 fully saturated rings. The lowest BCUT2D eigenvalue weighted by Gasteiger charge is -2.22. The lowest BCUT2D eigenvalue weighted by Crippen LogP contribution is -2.13. The Labute approximate surface area is 768 Å². The van der Waals surface area contributed by atoms with Crippen molar-refractivity contribution in [2.24, 2.45) is 0 Å². The van der Waals surface area contributed by atoms with Gasteiger partial charge in [0, 0.05) is 45.8 Å². The van der Waals surface area contributed by atoms with Crippen LogP contribution in [0.3, 0.4) is 0 Å². The van der Waals surface area contributed by atoms with E-state index in [0.29, 0.717) is 0 Å². The molecule has 0 saturated carbocycles. The van der Waals surface area contributed by atoms with E-state index >= 15 is 0 Å². The number of fused-ring (bicyclic) bond motifs is 11. The zero-order valence-corrected chi connectivity index (χ0v) is 82.4. The summed E-state index contributed by atoms with van der Waals surface area (Å²) < 4.78 is 8.54. The van der Waals surface area contributed by atoms with E-state index in [1.807, 2.05) is 68.0 Å². The number of nitrogens with one attached hydrogen (secondary N) is 1. The van der Waals surface area contributed by atoms with Gasteiger partial charge in [-0.3, -0.25) is 19.9 Å². The van der Waals surface area contributed by atoms with Gasteiger partial charge < -0.3 is 0 Å². The fourth-order valence-corrected chi connectivity index (χ4v) is 16.3. The first kappa shape index (κ1) is 96.6. The van der Waals surface area contributed by atoms with Gasteiger partial charge in [0.25, 0.3) is 0 Å². The fraction of sp³-hybridized carbons (Fsp3) is 0.322. The van der Waals surface area contributed by atoms with Gasteiger partial charge in [0.1, 0.15) is 22.1 Å². The highest BCUT2D eigenvalue weighted by Crippen LogP contribution is 2.42. The molecule has 0 saturated heterocycles. The van der Waals surface area contributed by atoms with E-state index < -0.39 is 0 Å². The second-order valence-corrected chi connectivity index (χ2v) is 43.5. The zero-order valence-electron chi connectivity index (χ0n) is 81.6. The average molecular weight is 1710 g/mol. The van der Waals surface area contributed by atoms with Gasteiger partial charge >= 0.3 is 0 Å². The number of benzene rings is 12. The predicted molar refractivity (Wildman–Crippen MR) is 554 cm³/mol. The first-order valence-electron chi connectivity index (χ1n) is 45.2. The lowest BCUT2D eigenvalue weighted by molar-refractivity contribution is 0.585. The molecule has 0 atom stereocenters. The van der Waals surface area contributed by atoms with Crippen molar-refractivity contribution in [3.8, 4) is 11.1 Å². The van der Waals surface area contributed by atoms with Gasteiger partial charge in [-0.25, -0.2) is 0 Å². The van der Waals surface area contributed by atoms with Gasteiger partial charge in [-0.1, -0.05) is 405 Å². The highest BCUT2D eigenvalue weighted by molar-refractivity contribution is 7.00. The highest BCUT2D eigenvalue weighted by atomic mass is 32.1. The van der Waals surface area contributed by atoms with E-state index in [-0.39, 0.29) is 48.7 Å². The molecule has 0 unspecified atom stereocenters. The van der Waals surface area contributed by atoms with Gasteiger partial charge in [0.05, 0.1) is 33.8 Å². The number of para-hydroxylation sites is 2. The van der Waals surface area contributed by atoms with Crippen molar-refractivity contribution in [2.45, 2.75) is 249 Å². The number of H-pyrrole nitrogens is 1. The normalized spacial score (nSPS) is 12.2. The third-order valence-electron chi connectivity index (χ3n) is 23.2. The van der Waals surface area contributed by atoms with Crippen LogP contribution in [-0.4, -0.2) is 44.1 Å². The van der Waals surface area contributed by atoms with Crippen LogP contribution in [0.1, 0.15) is 254 Å². The standard InChI is InChI=1S/C17H18.C14H17N.2C14H16.3C13H15N.C10H13N3.C10H12N2S/c1-17(2,3)16-10-6-9-14-13-8-5-4-7-12(13)11-15(14)16;1-10-8-9-11-6-5-7-12(13(11)15-10)14(2,3)4;1-14(2,3)13-10-6-8-11-7-4-5-9-12(11)13;1-14(2,3)13-9-8-11-6-4-5-7-12(11)10-13;1-13(2,3)11-7-4-8-12-10(11)6-5-9-14-12;1-13(2,3)11-6-7-12-10(9-11)5-4-8-14-12;1-13(2,3)11-8-10-6-4-5-7-12(10)14-9-11;1-10(2,3)7-4-5-8-9(6-7)12-13-11-8;1-10(2,3)7-5-4-6-8-9(7)12-13-11-8/h4-10H,11H2,1-3H3;5-9H,1-4H3;2*4-10H,1-3H3;3*4-9H,1-3H3;4-6H,1-3H3,(H,11,12,13);4-6H,1-3H3. The van der Waals surface area contributed by atoms with Crippen LogP contribution >= 0.6 is 11.7 Å². The SMILES string of the molecule is CC(C)(C)c1ccc2ccccc2c1.CC(C)(C)c1ccc2n[nH]nc2c1.CC(C)(C)c1ccc2ncccc2c1.CC(C)(C)c1cccc2c1Cc1ccccc1-2.CC(C)(C)c1cccc2ccccc12.CC(C)(C)c1cccc2ncccc12.CC(C)(C)c1cccc2nsnc12.CC(C)(C)c1cnc2ccccc2c1.Cc1ccc2cccc(C(C)(C)C)c2n1. The molecule has 1 aliphatic carbocycles.